The predicted octanol–water partition coefficient (Wildman–Crippen LogP) is 4.56. The van der Waals surface area contributed by atoms with Gasteiger partial charge in [0.2, 0.25) is 5.91 Å². The normalized spacial score (nSPS) is 44.6. The van der Waals surface area contributed by atoms with E-state index in [2.05, 4.69) is 26.1 Å². The van der Waals surface area contributed by atoms with Crippen molar-refractivity contribution in [3.63, 3.8) is 0 Å². The SMILES string of the molecule is C[C@H](CC(=O)NCc1cccs1)C1CC[C@H]2C3C(=O)CC4C[C@H](O)CCC4(C)[C@H]3C[C@H](O)C12C. The molecule has 6 heteroatoms. The van der Waals surface area contributed by atoms with Gasteiger partial charge in [-0.1, -0.05) is 26.8 Å². The number of thiophene rings is 1. The number of rotatable bonds is 5. The number of aliphatic hydroxyl groups excluding tert-OH is 2. The molecule has 5 nitrogen and oxygen atoms in total. The van der Waals surface area contributed by atoms with Gasteiger partial charge in [0.1, 0.15) is 5.78 Å². The lowest BCUT2D eigenvalue weighted by Crippen LogP contribution is -2.61. The first-order chi connectivity index (χ1) is 16.1. The Morgan fingerprint density at radius 3 is 2.74 bits per heavy atom. The second-order valence-corrected chi connectivity index (χ2v) is 13.4. The monoisotopic (exact) mass is 487 g/mol. The van der Waals surface area contributed by atoms with Crippen molar-refractivity contribution < 1.29 is 19.8 Å². The lowest BCUT2D eigenvalue weighted by molar-refractivity contribution is -0.182. The number of ketones is 1. The molecular formula is C28H41NO4S. The number of fused-ring (bicyclic) bond motifs is 5. The molecular weight excluding hydrogens is 446 g/mol. The molecule has 4 fully saturated rings. The number of carbonyl (C=O) groups is 2. The van der Waals surface area contributed by atoms with Gasteiger partial charge in [0.05, 0.1) is 18.8 Å². The lowest BCUT2D eigenvalue weighted by atomic mass is 9.43. The van der Waals surface area contributed by atoms with E-state index < -0.39 is 6.10 Å². The van der Waals surface area contributed by atoms with Crippen LogP contribution < -0.4 is 5.32 Å². The van der Waals surface area contributed by atoms with Crippen LogP contribution in [-0.2, 0) is 16.1 Å². The maximum atomic E-state index is 13.5. The summed E-state index contributed by atoms with van der Waals surface area (Å²) < 4.78 is 0. The molecule has 0 aromatic carbocycles. The zero-order chi connectivity index (χ0) is 24.3. The molecule has 5 unspecified atom stereocenters. The first-order valence-electron chi connectivity index (χ1n) is 13.3. The van der Waals surface area contributed by atoms with Gasteiger partial charge in [-0.15, -0.1) is 11.3 Å². The number of Topliss-reactive ketones (excluding diaryl/α,β-unsaturated/α-hetero) is 1. The van der Waals surface area contributed by atoms with Crippen molar-refractivity contribution in [1.82, 2.24) is 5.32 Å². The van der Waals surface area contributed by atoms with Crippen molar-refractivity contribution >= 4 is 23.0 Å². The van der Waals surface area contributed by atoms with Crippen LogP contribution in [0.3, 0.4) is 0 Å². The van der Waals surface area contributed by atoms with Gasteiger partial charge in [-0.25, -0.2) is 0 Å². The number of amides is 1. The van der Waals surface area contributed by atoms with Crippen LogP contribution in [0.25, 0.3) is 0 Å². The van der Waals surface area contributed by atoms with Crippen LogP contribution >= 0.6 is 11.3 Å². The van der Waals surface area contributed by atoms with Gasteiger partial charge in [-0.2, -0.15) is 0 Å². The smallest absolute Gasteiger partial charge is 0.220 e. The first-order valence-corrected chi connectivity index (χ1v) is 14.2. The van der Waals surface area contributed by atoms with E-state index in [0.29, 0.717) is 31.6 Å². The molecule has 0 radical (unpaired) electrons. The predicted molar refractivity (Wildman–Crippen MR) is 133 cm³/mol. The highest BCUT2D eigenvalue weighted by atomic mass is 32.1. The molecule has 3 N–H and O–H groups in total. The van der Waals surface area contributed by atoms with Gasteiger partial charge in [-0.3, -0.25) is 9.59 Å². The topological polar surface area (TPSA) is 86.6 Å². The Bertz CT molecular complexity index is 918. The summed E-state index contributed by atoms with van der Waals surface area (Å²) in [6.07, 6.45) is 5.43. The molecule has 4 saturated carbocycles. The number of nitrogens with one attached hydrogen (secondary N) is 1. The highest BCUT2D eigenvalue weighted by Gasteiger charge is 2.65. The molecule has 1 aromatic heterocycles. The molecule has 4 aliphatic carbocycles. The first kappa shape index (κ1) is 24.5. The van der Waals surface area contributed by atoms with E-state index in [9.17, 15) is 19.8 Å². The van der Waals surface area contributed by atoms with Crippen molar-refractivity contribution in [2.45, 2.75) is 90.9 Å². The van der Waals surface area contributed by atoms with Gasteiger partial charge in [0.15, 0.2) is 0 Å². The van der Waals surface area contributed by atoms with Gasteiger partial charge in [-0.05, 0) is 85.0 Å². The van der Waals surface area contributed by atoms with Crippen molar-refractivity contribution in [1.29, 1.82) is 0 Å². The lowest BCUT2D eigenvalue weighted by Gasteiger charge is -2.61. The van der Waals surface area contributed by atoms with E-state index in [1.54, 1.807) is 11.3 Å². The molecule has 188 valence electrons. The molecule has 0 aliphatic heterocycles. The minimum atomic E-state index is -0.446. The van der Waals surface area contributed by atoms with E-state index in [4.69, 9.17) is 0 Å². The minimum absolute atomic E-state index is 0.0229. The summed E-state index contributed by atoms with van der Waals surface area (Å²) in [7, 11) is 0. The Labute approximate surface area is 207 Å². The van der Waals surface area contributed by atoms with Gasteiger partial charge < -0.3 is 15.5 Å². The molecule has 34 heavy (non-hydrogen) atoms. The van der Waals surface area contributed by atoms with Crippen molar-refractivity contribution in [2.24, 2.45) is 46.3 Å². The Morgan fingerprint density at radius 2 is 2.00 bits per heavy atom. The molecule has 5 rings (SSSR count). The summed E-state index contributed by atoms with van der Waals surface area (Å²) in [6.45, 7) is 7.27. The molecule has 1 amide bonds. The largest absolute Gasteiger partial charge is 0.393 e. The second-order valence-electron chi connectivity index (χ2n) is 12.4. The minimum Gasteiger partial charge on any atom is -0.393 e. The summed E-state index contributed by atoms with van der Waals surface area (Å²) in [5.41, 5.74) is -0.285. The van der Waals surface area contributed by atoms with Gasteiger partial charge in [0.25, 0.3) is 0 Å². The second kappa shape index (κ2) is 9.01. The van der Waals surface area contributed by atoms with E-state index in [1.807, 2.05) is 17.5 Å². The molecule has 4 aliphatic rings. The van der Waals surface area contributed by atoms with Crippen molar-refractivity contribution in [3.05, 3.63) is 22.4 Å². The Morgan fingerprint density at radius 1 is 1.21 bits per heavy atom. The van der Waals surface area contributed by atoms with Crippen LogP contribution in [-0.4, -0.2) is 34.1 Å². The summed E-state index contributed by atoms with van der Waals surface area (Å²) in [5.74, 6) is 1.51. The Balaban J connectivity index is 1.31. The van der Waals surface area contributed by atoms with E-state index in [-0.39, 0.29) is 58.3 Å². The maximum absolute atomic E-state index is 13.5. The Kier molecular flexibility index (Phi) is 6.48. The van der Waals surface area contributed by atoms with Crippen LogP contribution in [0.5, 0.6) is 0 Å². The van der Waals surface area contributed by atoms with Gasteiger partial charge >= 0.3 is 0 Å². The Hall–Kier alpha value is -1.24. The highest BCUT2D eigenvalue weighted by Crippen LogP contribution is 2.67. The zero-order valence-corrected chi connectivity index (χ0v) is 21.7. The van der Waals surface area contributed by atoms with E-state index in [1.165, 1.54) is 0 Å². The fourth-order valence-corrected chi connectivity index (χ4v) is 9.60. The van der Waals surface area contributed by atoms with E-state index in [0.717, 1.165) is 37.0 Å². The number of hydrogen-bond donors (Lipinski definition) is 3. The zero-order valence-electron chi connectivity index (χ0n) is 20.8. The summed E-state index contributed by atoms with van der Waals surface area (Å²) in [4.78, 5) is 27.4. The fraction of sp³-hybridized carbons (Fsp3) is 0.786. The molecule has 0 saturated heterocycles. The molecule has 0 bridgehead atoms. The quantitative estimate of drug-likeness (QED) is 0.568. The highest BCUT2D eigenvalue weighted by molar-refractivity contribution is 7.09. The summed E-state index contributed by atoms with van der Waals surface area (Å²) >= 11 is 1.65. The number of carbonyl (C=O) groups excluding carboxylic acids is 2. The summed E-state index contributed by atoms with van der Waals surface area (Å²) in [5, 5.41) is 27.0. The van der Waals surface area contributed by atoms with Crippen LogP contribution in [0.1, 0.15) is 77.0 Å². The molecule has 0 spiro atoms. The average molecular weight is 488 g/mol. The van der Waals surface area contributed by atoms with Gasteiger partial charge in [0, 0.05) is 29.1 Å². The third kappa shape index (κ3) is 3.88. The number of aliphatic hydroxyl groups is 2. The fourth-order valence-electron chi connectivity index (χ4n) is 8.95. The average Bonchev–Trinajstić information content (AvgIpc) is 3.42. The molecule has 1 heterocycles. The van der Waals surface area contributed by atoms with Crippen molar-refractivity contribution in [2.75, 3.05) is 0 Å². The summed E-state index contributed by atoms with van der Waals surface area (Å²) in [6, 6.07) is 4.03. The van der Waals surface area contributed by atoms with Crippen LogP contribution in [0.4, 0.5) is 0 Å². The molecule has 1 aromatic rings. The van der Waals surface area contributed by atoms with Crippen LogP contribution in [0, 0.1) is 46.3 Å². The van der Waals surface area contributed by atoms with Crippen LogP contribution in [0.2, 0.25) is 0 Å². The van der Waals surface area contributed by atoms with Crippen LogP contribution in [0.15, 0.2) is 17.5 Å². The van der Waals surface area contributed by atoms with E-state index >= 15 is 0 Å². The maximum Gasteiger partial charge on any atom is 0.220 e. The third-order valence-electron chi connectivity index (χ3n) is 10.9. The number of hydrogen-bond acceptors (Lipinski definition) is 5. The standard InChI is InChI=1S/C28H41NO4S/c1-16(11-25(33)29-15-19-5-4-10-34-19)20-6-7-21-26-22(14-24(32)28(20,21)3)27(2)9-8-18(30)12-17(27)13-23(26)31/h4-5,10,16-18,20-22,24,26,30,32H,6-9,11-15H2,1-3H3,(H,29,33)/t16-,17?,18-,20?,21+,22+,24+,26?,27?,28?/m1/s1. The van der Waals surface area contributed by atoms with Crippen molar-refractivity contribution in [3.8, 4) is 0 Å². The third-order valence-corrected chi connectivity index (χ3v) is 11.7. The molecule has 10 atom stereocenters.